The quantitative estimate of drug-likeness (QED) is 0.749. The number of halogens is 1. The minimum atomic E-state index is -1.40. The Labute approximate surface area is 90.5 Å². The number of benzene rings is 2. The van der Waals surface area contributed by atoms with Crippen LogP contribution in [0.4, 0.5) is 0 Å². The van der Waals surface area contributed by atoms with Gasteiger partial charge in [0, 0.05) is 4.47 Å². The molecule has 0 aromatic heterocycles. The summed E-state index contributed by atoms with van der Waals surface area (Å²) in [5, 5.41) is 20.0. The number of rotatable bonds is 1. The van der Waals surface area contributed by atoms with Crippen LogP contribution in [0.3, 0.4) is 0 Å². The Hall–Kier alpha value is -0.835. The van der Waals surface area contributed by atoms with Gasteiger partial charge in [0.15, 0.2) is 0 Å². The summed E-state index contributed by atoms with van der Waals surface area (Å²) in [6.07, 6.45) is 0. The molecule has 0 atom stereocenters. The van der Waals surface area contributed by atoms with Gasteiger partial charge in [-0.15, -0.1) is 0 Å². The van der Waals surface area contributed by atoms with Crippen molar-refractivity contribution in [2.75, 3.05) is 0 Å². The van der Waals surface area contributed by atoms with E-state index in [1.165, 1.54) is 0 Å². The summed E-state index contributed by atoms with van der Waals surface area (Å²) < 4.78 is 1.02. The zero-order valence-electron chi connectivity index (χ0n) is 7.31. The van der Waals surface area contributed by atoms with Crippen molar-refractivity contribution in [3.63, 3.8) is 0 Å². The highest BCUT2D eigenvalue weighted by atomic mass is 79.9. The van der Waals surface area contributed by atoms with Crippen LogP contribution in [0.2, 0.25) is 0 Å². The fourth-order valence-electron chi connectivity index (χ4n) is 1.40. The molecule has 4 heteroatoms. The van der Waals surface area contributed by atoms with Crippen molar-refractivity contribution in [1.29, 1.82) is 0 Å². The Morgan fingerprint density at radius 2 is 1.57 bits per heavy atom. The average Bonchev–Trinajstić information content (AvgIpc) is 2.16. The third kappa shape index (κ3) is 1.82. The summed E-state index contributed by atoms with van der Waals surface area (Å²) in [7, 11) is -1.40. The largest absolute Gasteiger partial charge is 0.488 e. The first-order valence-corrected chi connectivity index (χ1v) is 5.01. The molecule has 0 bridgehead atoms. The van der Waals surface area contributed by atoms with Gasteiger partial charge in [0.2, 0.25) is 0 Å². The highest BCUT2D eigenvalue weighted by Gasteiger charge is 2.10. The molecule has 2 nitrogen and oxygen atoms in total. The minimum Gasteiger partial charge on any atom is -0.423 e. The van der Waals surface area contributed by atoms with E-state index in [0.29, 0.717) is 5.46 Å². The summed E-state index contributed by atoms with van der Waals surface area (Å²) in [5.41, 5.74) is 0.514. The second-order valence-electron chi connectivity index (χ2n) is 3.12. The second-order valence-corrected chi connectivity index (χ2v) is 4.04. The van der Waals surface area contributed by atoms with Crippen LogP contribution in [0.1, 0.15) is 0 Å². The van der Waals surface area contributed by atoms with Crippen LogP contribution in [-0.2, 0) is 0 Å². The molecule has 0 aliphatic heterocycles. The van der Waals surface area contributed by atoms with Crippen LogP contribution in [0, 0.1) is 0 Å². The monoisotopic (exact) mass is 250 g/mol. The maximum Gasteiger partial charge on any atom is 0.488 e. The molecule has 70 valence electrons. The van der Waals surface area contributed by atoms with Crippen LogP contribution in [-0.4, -0.2) is 17.2 Å². The third-order valence-corrected chi connectivity index (χ3v) is 2.62. The molecule has 0 saturated heterocycles. The van der Waals surface area contributed by atoms with Crippen LogP contribution >= 0.6 is 15.9 Å². The third-order valence-electron chi connectivity index (χ3n) is 2.12. The van der Waals surface area contributed by atoms with E-state index in [0.717, 1.165) is 15.2 Å². The number of fused-ring (bicyclic) bond motifs is 1. The zero-order chi connectivity index (χ0) is 10.1. The standard InChI is InChI=1S/C10H8BBrO2/c12-10-4-2-7-5-9(11(13)14)3-1-8(7)6-10/h1-6,13-14H. The lowest BCUT2D eigenvalue weighted by molar-refractivity contribution is 0.426. The molecule has 2 aromatic carbocycles. The SMILES string of the molecule is OB(O)c1ccc2cc(Br)ccc2c1. The lowest BCUT2D eigenvalue weighted by Crippen LogP contribution is -2.29. The second kappa shape index (κ2) is 3.73. The van der Waals surface area contributed by atoms with Crippen molar-refractivity contribution in [3.05, 3.63) is 40.9 Å². The molecule has 2 aromatic rings. The van der Waals surface area contributed by atoms with Gasteiger partial charge < -0.3 is 10.0 Å². The van der Waals surface area contributed by atoms with E-state index in [2.05, 4.69) is 15.9 Å². The molecule has 0 spiro atoms. The van der Waals surface area contributed by atoms with E-state index >= 15 is 0 Å². The van der Waals surface area contributed by atoms with Crippen molar-refractivity contribution in [2.45, 2.75) is 0 Å². The van der Waals surface area contributed by atoms with E-state index in [1.807, 2.05) is 24.3 Å². The molecule has 0 saturated carbocycles. The van der Waals surface area contributed by atoms with Crippen molar-refractivity contribution < 1.29 is 10.0 Å². The summed E-state index contributed by atoms with van der Waals surface area (Å²) in [5.74, 6) is 0. The molecule has 0 radical (unpaired) electrons. The lowest BCUT2D eigenvalue weighted by atomic mass is 9.79. The summed E-state index contributed by atoms with van der Waals surface area (Å²) >= 11 is 3.38. The molecule has 0 heterocycles. The average molecular weight is 251 g/mol. The van der Waals surface area contributed by atoms with Crippen LogP contribution < -0.4 is 5.46 Å². The van der Waals surface area contributed by atoms with Gasteiger partial charge in [-0.05, 0) is 28.4 Å². The predicted molar refractivity (Wildman–Crippen MR) is 61.5 cm³/mol. The maximum atomic E-state index is 8.98. The molecule has 2 N–H and O–H groups in total. The molecule has 0 amide bonds. The summed E-state index contributed by atoms with van der Waals surface area (Å²) in [6.45, 7) is 0. The first-order valence-electron chi connectivity index (χ1n) is 4.22. The molecule has 14 heavy (non-hydrogen) atoms. The highest BCUT2D eigenvalue weighted by molar-refractivity contribution is 9.10. The molecular formula is C10H8BBrO2. The van der Waals surface area contributed by atoms with Crippen LogP contribution in [0.5, 0.6) is 0 Å². The Morgan fingerprint density at radius 3 is 2.29 bits per heavy atom. The first-order chi connectivity index (χ1) is 6.66. The molecular weight excluding hydrogens is 243 g/mol. The van der Waals surface area contributed by atoms with Gasteiger partial charge in [-0.1, -0.05) is 40.2 Å². The fourth-order valence-corrected chi connectivity index (χ4v) is 1.77. The predicted octanol–water partition coefficient (Wildman–Crippen LogP) is 1.28. The highest BCUT2D eigenvalue weighted by Crippen LogP contribution is 2.18. The molecule has 2 rings (SSSR count). The van der Waals surface area contributed by atoms with E-state index in [1.54, 1.807) is 12.1 Å². The van der Waals surface area contributed by atoms with Gasteiger partial charge in [-0.2, -0.15) is 0 Å². The van der Waals surface area contributed by atoms with Gasteiger partial charge in [-0.25, -0.2) is 0 Å². The molecule has 0 fully saturated rings. The topological polar surface area (TPSA) is 40.5 Å². The van der Waals surface area contributed by atoms with Crippen molar-refractivity contribution in [1.82, 2.24) is 0 Å². The van der Waals surface area contributed by atoms with Crippen LogP contribution in [0.15, 0.2) is 40.9 Å². The van der Waals surface area contributed by atoms with Gasteiger partial charge >= 0.3 is 7.12 Å². The molecule has 0 aliphatic carbocycles. The van der Waals surface area contributed by atoms with E-state index < -0.39 is 7.12 Å². The van der Waals surface area contributed by atoms with Crippen molar-refractivity contribution in [2.24, 2.45) is 0 Å². The van der Waals surface area contributed by atoms with Gasteiger partial charge in [0.1, 0.15) is 0 Å². The minimum absolute atomic E-state index is 0.514. The van der Waals surface area contributed by atoms with Crippen molar-refractivity contribution in [3.8, 4) is 0 Å². The number of hydrogen-bond donors (Lipinski definition) is 2. The van der Waals surface area contributed by atoms with E-state index in [4.69, 9.17) is 10.0 Å². The summed E-state index contributed by atoms with van der Waals surface area (Å²) in [6, 6.07) is 11.2. The normalized spacial score (nSPS) is 10.5. The fraction of sp³-hybridized carbons (Fsp3) is 0. The van der Waals surface area contributed by atoms with Gasteiger partial charge in [-0.3, -0.25) is 0 Å². The van der Waals surface area contributed by atoms with E-state index in [-0.39, 0.29) is 0 Å². The Balaban J connectivity index is 2.62. The maximum absolute atomic E-state index is 8.98. The smallest absolute Gasteiger partial charge is 0.423 e. The zero-order valence-corrected chi connectivity index (χ0v) is 8.90. The molecule has 0 aliphatic rings. The first kappa shape index (κ1) is 9.71. The van der Waals surface area contributed by atoms with Gasteiger partial charge in [0.05, 0.1) is 0 Å². The lowest BCUT2D eigenvalue weighted by Gasteiger charge is -2.02. The Bertz CT molecular complexity index is 471. The molecule has 0 unspecified atom stereocenters. The Kier molecular flexibility index (Phi) is 2.59. The van der Waals surface area contributed by atoms with Crippen LogP contribution in [0.25, 0.3) is 10.8 Å². The summed E-state index contributed by atoms with van der Waals surface area (Å²) in [4.78, 5) is 0. The van der Waals surface area contributed by atoms with E-state index in [9.17, 15) is 0 Å². The number of hydrogen-bond acceptors (Lipinski definition) is 2. The van der Waals surface area contributed by atoms with Gasteiger partial charge in [0.25, 0.3) is 0 Å². The van der Waals surface area contributed by atoms with Crippen molar-refractivity contribution >= 4 is 39.3 Å². The Morgan fingerprint density at radius 1 is 0.929 bits per heavy atom.